The van der Waals surface area contributed by atoms with E-state index in [1.54, 1.807) is 35.7 Å². The topological polar surface area (TPSA) is 90.7 Å². The number of hydrogen-bond donors (Lipinski definition) is 1. The Balaban J connectivity index is 1.90. The minimum Gasteiger partial charge on any atom is -0.494 e. The number of nitrogens with one attached hydrogen (secondary N) is 1. The summed E-state index contributed by atoms with van der Waals surface area (Å²) in [4.78, 5) is 0. The van der Waals surface area contributed by atoms with Crippen molar-refractivity contribution in [3.8, 4) is 22.8 Å². The Morgan fingerprint density at radius 3 is 2.65 bits per heavy atom. The lowest BCUT2D eigenvalue weighted by atomic mass is 10.3. The summed E-state index contributed by atoms with van der Waals surface area (Å²) in [5.74, 6) is 1.50. The molecule has 0 radical (unpaired) electrons. The predicted octanol–water partition coefficient (Wildman–Crippen LogP) is 4.00. The van der Waals surface area contributed by atoms with Crippen LogP contribution in [0.25, 0.3) is 11.3 Å². The zero-order valence-electron chi connectivity index (χ0n) is 14.3. The average molecular weight is 394 g/mol. The summed E-state index contributed by atoms with van der Waals surface area (Å²) in [6.07, 6.45) is 1.51. The Labute approximate surface area is 155 Å². The second-order valence-corrected chi connectivity index (χ2v) is 7.98. The first-order chi connectivity index (χ1) is 12.5. The number of hydrogen-bond acceptors (Lipinski definition) is 7. The van der Waals surface area contributed by atoms with Gasteiger partial charge in [0.25, 0.3) is 10.0 Å². The molecule has 9 heteroatoms. The van der Waals surface area contributed by atoms with Gasteiger partial charge in [0.1, 0.15) is 15.7 Å². The second-order valence-electron chi connectivity index (χ2n) is 5.16. The smallest absolute Gasteiger partial charge is 0.271 e. The number of rotatable bonds is 8. The Bertz CT molecular complexity index is 965. The molecule has 0 saturated heterocycles. The number of sulfonamides is 1. The van der Waals surface area contributed by atoms with Crippen LogP contribution in [-0.2, 0) is 10.0 Å². The molecule has 0 aliphatic carbocycles. The number of benzene rings is 1. The molecule has 0 fully saturated rings. The maximum absolute atomic E-state index is 12.8. The van der Waals surface area contributed by atoms with Crippen molar-refractivity contribution in [2.45, 2.75) is 18.1 Å². The van der Waals surface area contributed by atoms with E-state index in [1.807, 2.05) is 13.8 Å². The molecule has 26 heavy (non-hydrogen) atoms. The summed E-state index contributed by atoms with van der Waals surface area (Å²) in [5, 5.41) is 5.33. The summed E-state index contributed by atoms with van der Waals surface area (Å²) in [7, 11) is -3.79. The predicted molar refractivity (Wildman–Crippen MR) is 99.4 cm³/mol. The molecule has 0 spiro atoms. The van der Waals surface area contributed by atoms with Crippen LogP contribution in [0.4, 0.5) is 5.69 Å². The van der Waals surface area contributed by atoms with Gasteiger partial charge in [0, 0.05) is 23.1 Å². The first-order valence-electron chi connectivity index (χ1n) is 7.95. The fraction of sp³-hybridized carbons (Fsp3) is 0.235. The van der Waals surface area contributed by atoms with E-state index in [1.165, 1.54) is 6.20 Å². The van der Waals surface area contributed by atoms with Gasteiger partial charge < -0.3 is 14.0 Å². The molecular weight excluding hydrogens is 376 g/mol. The van der Waals surface area contributed by atoms with Crippen LogP contribution in [0.1, 0.15) is 13.8 Å². The minimum absolute atomic E-state index is 0.160. The maximum Gasteiger partial charge on any atom is 0.271 e. The van der Waals surface area contributed by atoms with Gasteiger partial charge in [0.15, 0.2) is 5.76 Å². The fourth-order valence-corrected chi connectivity index (χ4v) is 4.50. The molecule has 0 bridgehead atoms. The van der Waals surface area contributed by atoms with Gasteiger partial charge in [-0.25, -0.2) is 8.42 Å². The van der Waals surface area contributed by atoms with Crippen LogP contribution in [0, 0.1) is 0 Å². The number of aromatic nitrogens is 1. The van der Waals surface area contributed by atoms with Crippen molar-refractivity contribution < 1.29 is 22.4 Å². The van der Waals surface area contributed by atoms with Gasteiger partial charge in [0.05, 0.1) is 25.1 Å². The zero-order valence-corrected chi connectivity index (χ0v) is 15.9. The zero-order chi connectivity index (χ0) is 18.6. The van der Waals surface area contributed by atoms with Crippen molar-refractivity contribution in [2.24, 2.45) is 0 Å². The molecule has 1 N–H and O–H groups in total. The molecule has 0 aliphatic heterocycles. The number of thiophene rings is 1. The summed E-state index contributed by atoms with van der Waals surface area (Å²) in [5.41, 5.74) is 0.980. The average Bonchev–Trinajstić information content (AvgIpc) is 3.28. The van der Waals surface area contributed by atoms with E-state index >= 15 is 0 Å². The van der Waals surface area contributed by atoms with Gasteiger partial charge in [-0.2, -0.15) is 0 Å². The van der Waals surface area contributed by atoms with E-state index in [4.69, 9.17) is 14.0 Å². The highest BCUT2D eigenvalue weighted by Crippen LogP contribution is 2.34. The summed E-state index contributed by atoms with van der Waals surface area (Å²) < 4.78 is 44.3. The third-order valence-corrected chi connectivity index (χ3v) is 6.17. The van der Waals surface area contributed by atoms with Crippen LogP contribution < -0.4 is 14.2 Å². The molecule has 0 amide bonds. The Kier molecular flexibility index (Phi) is 5.48. The Morgan fingerprint density at radius 2 is 1.96 bits per heavy atom. The molecule has 3 aromatic rings. The summed E-state index contributed by atoms with van der Waals surface area (Å²) in [6.45, 7) is 4.58. The molecule has 0 unspecified atom stereocenters. The van der Waals surface area contributed by atoms with Gasteiger partial charge >= 0.3 is 0 Å². The first kappa shape index (κ1) is 18.3. The molecule has 0 atom stereocenters. The van der Waals surface area contributed by atoms with Crippen molar-refractivity contribution in [3.63, 3.8) is 0 Å². The Morgan fingerprint density at radius 1 is 1.15 bits per heavy atom. The summed E-state index contributed by atoms with van der Waals surface area (Å²) in [6, 6.07) is 8.24. The lowest BCUT2D eigenvalue weighted by molar-refractivity contribution is 0.332. The van der Waals surface area contributed by atoms with Crippen molar-refractivity contribution >= 4 is 27.0 Å². The highest BCUT2D eigenvalue weighted by molar-refractivity contribution is 7.94. The molecule has 0 aliphatic rings. The largest absolute Gasteiger partial charge is 0.494 e. The van der Waals surface area contributed by atoms with E-state index in [0.717, 1.165) is 11.3 Å². The molecule has 3 rings (SSSR count). The van der Waals surface area contributed by atoms with Crippen molar-refractivity contribution in [1.82, 2.24) is 5.16 Å². The lowest BCUT2D eigenvalue weighted by Crippen LogP contribution is -2.13. The van der Waals surface area contributed by atoms with E-state index < -0.39 is 10.0 Å². The van der Waals surface area contributed by atoms with Gasteiger partial charge in [-0.15, -0.1) is 11.3 Å². The van der Waals surface area contributed by atoms with E-state index in [0.29, 0.717) is 41.7 Å². The monoisotopic (exact) mass is 394 g/mol. The molecular formula is C17H18N2O5S2. The molecule has 0 saturated carbocycles. The number of ether oxygens (including phenoxy) is 2. The van der Waals surface area contributed by atoms with Crippen molar-refractivity contribution in [3.05, 3.63) is 41.9 Å². The Hall–Kier alpha value is -2.52. The standard InChI is InChI=1S/C17H18N2O5S2/c1-3-22-13-5-6-16(23-4-2)14(10-13)19-26(20,21)17-9-12(11-25-17)15-7-8-18-24-15/h5-11,19H,3-4H2,1-2H3. The van der Waals surface area contributed by atoms with Gasteiger partial charge in [0.2, 0.25) is 0 Å². The van der Waals surface area contributed by atoms with Crippen LogP contribution in [-0.4, -0.2) is 26.8 Å². The van der Waals surface area contributed by atoms with Crippen LogP contribution in [0.15, 0.2) is 50.6 Å². The lowest BCUT2D eigenvalue weighted by Gasteiger charge is -2.14. The van der Waals surface area contributed by atoms with E-state index in [9.17, 15) is 8.42 Å². The van der Waals surface area contributed by atoms with Gasteiger partial charge in [-0.3, -0.25) is 4.72 Å². The van der Waals surface area contributed by atoms with E-state index in [-0.39, 0.29) is 4.21 Å². The van der Waals surface area contributed by atoms with Crippen LogP contribution >= 0.6 is 11.3 Å². The quantitative estimate of drug-likeness (QED) is 0.621. The normalized spacial score (nSPS) is 11.3. The van der Waals surface area contributed by atoms with Crippen LogP contribution in [0.5, 0.6) is 11.5 Å². The third-order valence-electron chi connectivity index (χ3n) is 3.37. The van der Waals surface area contributed by atoms with Crippen molar-refractivity contribution in [1.29, 1.82) is 0 Å². The maximum atomic E-state index is 12.8. The molecule has 2 aromatic heterocycles. The minimum atomic E-state index is -3.79. The molecule has 138 valence electrons. The third kappa shape index (κ3) is 4.00. The van der Waals surface area contributed by atoms with E-state index in [2.05, 4.69) is 9.88 Å². The molecule has 7 nitrogen and oxygen atoms in total. The van der Waals surface area contributed by atoms with Crippen LogP contribution in [0.3, 0.4) is 0 Å². The summed E-state index contributed by atoms with van der Waals surface area (Å²) >= 11 is 1.10. The molecule has 1 aromatic carbocycles. The highest BCUT2D eigenvalue weighted by Gasteiger charge is 2.20. The second kappa shape index (κ2) is 7.79. The van der Waals surface area contributed by atoms with Gasteiger partial charge in [-0.05, 0) is 32.0 Å². The van der Waals surface area contributed by atoms with Crippen molar-refractivity contribution in [2.75, 3.05) is 17.9 Å². The highest BCUT2D eigenvalue weighted by atomic mass is 32.2. The molecule has 2 heterocycles. The fourth-order valence-electron chi connectivity index (χ4n) is 2.27. The number of nitrogens with zero attached hydrogens (tertiary/aromatic N) is 1. The van der Waals surface area contributed by atoms with Crippen LogP contribution in [0.2, 0.25) is 0 Å². The number of anilines is 1. The van der Waals surface area contributed by atoms with Gasteiger partial charge in [-0.1, -0.05) is 5.16 Å². The SMILES string of the molecule is CCOc1ccc(OCC)c(NS(=O)(=O)c2cc(-c3ccno3)cs2)c1. The first-order valence-corrected chi connectivity index (χ1v) is 10.3.